The standard InChI is InChI=1S/C28H40O4/c1-5-6-7-8-9-10-11-12-13-27(29)31-24-17-15-23(16-18-24)28(30)32-26-20-22(4)14-19-25(26)21(2)3/h1,15-18,21-22,25-26H,6-14,19-20H2,2-4H3/t22-,25+,26-/m0/s1. The topological polar surface area (TPSA) is 52.6 Å². The van der Waals surface area contributed by atoms with Gasteiger partial charge in [-0.1, -0.05) is 52.9 Å². The van der Waals surface area contributed by atoms with E-state index in [2.05, 4.69) is 26.7 Å². The lowest BCUT2D eigenvalue weighted by Gasteiger charge is -2.36. The fourth-order valence-electron chi connectivity index (χ4n) is 4.50. The summed E-state index contributed by atoms with van der Waals surface area (Å²) in [6.45, 7) is 6.62. The van der Waals surface area contributed by atoms with E-state index in [4.69, 9.17) is 15.9 Å². The van der Waals surface area contributed by atoms with Crippen LogP contribution in [0, 0.1) is 30.1 Å². The Morgan fingerprint density at radius 3 is 2.34 bits per heavy atom. The fourth-order valence-corrected chi connectivity index (χ4v) is 4.50. The monoisotopic (exact) mass is 440 g/mol. The number of unbranched alkanes of at least 4 members (excludes halogenated alkanes) is 6. The summed E-state index contributed by atoms with van der Waals surface area (Å²) in [7, 11) is 0. The molecule has 0 aromatic heterocycles. The molecule has 0 unspecified atom stereocenters. The highest BCUT2D eigenvalue weighted by molar-refractivity contribution is 5.89. The largest absolute Gasteiger partial charge is 0.458 e. The summed E-state index contributed by atoms with van der Waals surface area (Å²) >= 11 is 0. The van der Waals surface area contributed by atoms with Gasteiger partial charge in [0.15, 0.2) is 0 Å². The van der Waals surface area contributed by atoms with Crippen LogP contribution in [0.15, 0.2) is 24.3 Å². The molecule has 4 nitrogen and oxygen atoms in total. The molecule has 0 saturated heterocycles. The van der Waals surface area contributed by atoms with Gasteiger partial charge in [0, 0.05) is 12.8 Å². The molecule has 0 heterocycles. The molecule has 176 valence electrons. The zero-order valence-corrected chi connectivity index (χ0v) is 20.1. The van der Waals surface area contributed by atoms with Crippen LogP contribution in [0.2, 0.25) is 0 Å². The average molecular weight is 441 g/mol. The van der Waals surface area contributed by atoms with Crippen LogP contribution in [0.4, 0.5) is 0 Å². The number of terminal acetylenes is 1. The van der Waals surface area contributed by atoms with Crippen molar-refractivity contribution >= 4 is 11.9 Å². The van der Waals surface area contributed by atoms with Crippen molar-refractivity contribution in [1.29, 1.82) is 0 Å². The second-order valence-corrected chi connectivity index (χ2v) is 9.59. The third kappa shape index (κ3) is 9.07. The third-order valence-electron chi connectivity index (χ3n) is 6.49. The van der Waals surface area contributed by atoms with Crippen LogP contribution in [-0.4, -0.2) is 18.0 Å². The van der Waals surface area contributed by atoms with Gasteiger partial charge in [-0.3, -0.25) is 4.79 Å². The molecular formula is C28H40O4. The second kappa shape index (κ2) is 14.0. The van der Waals surface area contributed by atoms with E-state index >= 15 is 0 Å². The van der Waals surface area contributed by atoms with Gasteiger partial charge >= 0.3 is 11.9 Å². The number of benzene rings is 1. The van der Waals surface area contributed by atoms with Gasteiger partial charge in [-0.15, -0.1) is 12.3 Å². The predicted molar refractivity (Wildman–Crippen MR) is 128 cm³/mol. The minimum absolute atomic E-state index is 0.0268. The summed E-state index contributed by atoms with van der Waals surface area (Å²) in [6, 6.07) is 6.70. The highest BCUT2D eigenvalue weighted by atomic mass is 16.5. The van der Waals surface area contributed by atoms with Gasteiger partial charge in [0.1, 0.15) is 11.9 Å². The van der Waals surface area contributed by atoms with Crippen molar-refractivity contribution in [2.75, 3.05) is 0 Å². The van der Waals surface area contributed by atoms with E-state index in [0.29, 0.717) is 35.5 Å². The number of carbonyl (C=O) groups is 2. The van der Waals surface area contributed by atoms with E-state index in [0.717, 1.165) is 57.8 Å². The number of esters is 2. The molecule has 32 heavy (non-hydrogen) atoms. The molecular weight excluding hydrogens is 400 g/mol. The third-order valence-corrected chi connectivity index (χ3v) is 6.49. The smallest absolute Gasteiger partial charge is 0.338 e. The lowest BCUT2D eigenvalue weighted by molar-refractivity contribution is -0.134. The number of ether oxygens (including phenoxy) is 2. The molecule has 1 saturated carbocycles. The van der Waals surface area contributed by atoms with Crippen LogP contribution in [-0.2, 0) is 9.53 Å². The zero-order valence-electron chi connectivity index (χ0n) is 20.1. The van der Waals surface area contributed by atoms with E-state index in [1.54, 1.807) is 24.3 Å². The van der Waals surface area contributed by atoms with E-state index in [9.17, 15) is 9.59 Å². The van der Waals surface area contributed by atoms with Crippen molar-refractivity contribution in [3.63, 3.8) is 0 Å². The van der Waals surface area contributed by atoms with Gasteiger partial charge in [-0.2, -0.15) is 0 Å². The zero-order chi connectivity index (χ0) is 23.3. The summed E-state index contributed by atoms with van der Waals surface area (Å²) in [5.41, 5.74) is 0.496. The first-order valence-corrected chi connectivity index (χ1v) is 12.4. The maximum absolute atomic E-state index is 12.7. The molecule has 1 aromatic rings. The van der Waals surface area contributed by atoms with Gasteiger partial charge in [0.05, 0.1) is 5.56 Å². The molecule has 1 fully saturated rings. The summed E-state index contributed by atoms with van der Waals surface area (Å²) in [5.74, 6) is 4.08. The van der Waals surface area contributed by atoms with Crippen molar-refractivity contribution in [3.05, 3.63) is 29.8 Å². The van der Waals surface area contributed by atoms with Crippen molar-refractivity contribution in [1.82, 2.24) is 0 Å². The van der Waals surface area contributed by atoms with Crippen LogP contribution in [0.25, 0.3) is 0 Å². The maximum Gasteiger partial charge on any atom is 0.338 e. The van der Waals surface area contributed by atoms with Gasteiger partial charge < -0.3 is 9.47 Å². The van der Waals surface area contributed by atoms with Crippen molar-refractivity contribution < 1.29 is 19.1 Å². The minimum atomic E-state index is -0.296. The molecule has 1 aromatic carbocycles. The number of hydrogen-bond acceptors (Lipinski definition) is 4. The van der Waals surface area contributed by atoms with Crippen molar-refractivity contribution in [2.45, 2.75) is 97.5 Å². The number of rotatable bonds is 12. The van der Waals surface area contributed by atoms with Crippen LogP contribution < -0.4 is 4.74 Å². The molecule has 1 aliphatic carbocycles. The first kappa shape index (κ1) is 26.0. The SMILES string of the molecule is C#CCCCCCCCCC(=O)Oc1ccc(C(=O)O[C@H]2C[C@@H](C)CC[C@@H]2C(C)C)cc1. The maximum atomic E-state index is 12.7. The lowest BCUT2D eigenvalue weighted by atomic mass is 9.75. The van der Waals surface area contributed by atoms with Crippen LogP contribution >= 0.6 is 0 Å². The molecule has 0 N–H and O–H groups in total. The summed E-state index contributed by atoms with van der Waals surface area (Å²) in [5, 5.41) is 0. The molecule has 0 radical (unpaired) electrons. The van der Waals surface area contributed by atoms with E-state index in [1.807, 2.05) is 0 Å². The summed E-state index contributed by atoms with van der Waals surface area (Å²) in [6.07, 6.45) is 16.1. The Labute approximate surface area is 194 Å². The Hall–Kier alpha value is -2.28. The molecule has 1 aliphatic rings. The van der Waals surface area contributed by atoms with Crippen molar-refractivity contribution in [3.8, 4) is 18.1 Å². The molecule has 0 spiro atoms. The lowest BCUT2D eigenvalue weighted by Crippen LogP contribution is -2.35. The molecule has 2 rings (SSSR count). The summed E-state index contributed by atoms with van der Waals surface area (Å²) < 4.78 is 11.3. The van der Waals surface area contributed by atoms with Crippen LogP contribution in [0.3, 0.4) is 0 Å². The highest BCUT2D eigenvalue weighted by Crippen LogP contribution is 2.35. The predicted octanol–water partition coefficient (Wildman–Crippen LogP) is 6.96. The first-order chi connectivity index (χ1) is 15.4. The Morgan fingerprint density at radius 1 is 1.03 bits per heavy atom. The molecule has 0 aliphatic heterocycles. The van der Waals surface area contributed by atoms with E-state index in [1.165, 1.54) is 6.42 Å². The molecule has 4 heteroatoms. The Balaban J connectivity index is 1.73. The minimum Gasteiger partial charge on any atom is -0.458 e. The fraction of sp³-hybridized carbons (Fsp3) is 0.643. The number of hydrogen-bond donors (Lipinski definition) is 0. The molecule has 3 atom stereocenters. The Kier molecular flexibility index (Phi) is 11.4. The van der Waals surface area contributed by atoms with Crippen molar-refractivity contribution in [2.24, 2.45) is 17.8 Å². The molecule has 0 bridgehead atoms. The summed E-state index contributed by atoms with van der Waals surface area (Å²) in [4.78, 5) is 24.7. The van der Waals surface area contributed by atoms with Gasteiger partial charge in [0.2, 0.25) is 0 Å². The quantitative estimate of drug-likeness (QED) is 0.152. The second-order valence-electron chi connectivity index (χ2n) is 9.59. The van der Waals surface area contributed by atoms with E-state index < -0.39 is 0 Å². The van der Waals surface area contributed by atoms with E-state index in [-0.39, 0.29) is 18.0 Å². The van der Waals surface area contributed by atoms with Crippen LogP contribution in [0.1, 0.15) is 102 Å². The normalized spacial score (nSPS) is 20.5. The van der Waals surface area contributed by atoms with Crippen LogP contribution in [0.5, 0.6) is 5.75 Å². The highest BCUT2D eigenvalue weighted by Gasteiger charge is 2.33. The first-order valence-electron chi connectivity index (χ1n) is 12.4. The molecule has 0 amide bonds. The average Bonchev–Trinajstić information content (AvgIpc) is 2.76. The Bertz CT molecular complexity index is 744. The van der Waals surface area contributed by atoms with Gasteiger partial charge in [-0.25, -0.2) is 4.79 Å². The number of carbonyl (C=O) groups excluding carboxylic acids is 2. The Morgan fingerprint density at radius 2 is 1.69 bits per heavy atom. The van der Waals surface area contributed by atoms with Gasteiger partial charge in [-0.05, 0) is 67.7 Å². The van der Waals surface area contributed by atoms with Gasteiger partial charge in [0.25, 0.3) is 0 Å².